The molecule has 4 unspecified atom stereocenters. The van der Waals surface area contributed by atoms with Crippen LogP contribution in [0.25, 0.3) is 0 Å². The summed E-state index contributed by atoms with van der Waals surface area (Å²) >= 11 is 5.83. The fraction of sp³-hybridized carbons (Fsp3) is 0.381. The van der Waals surface area contributed by atoms with Crippen molar-refractivity contribution in [1.29, 1.82) is 0 Å². The number of phenols is 1. The molecular formula is C21H19ClF4N2O3. The lowest BCUT2D eigenvalue weighted by molar-refractivity contribution is -0.289. The van der Waals surface area contributed by atoms with Gasteiger partial charge in [-0.2, -0.15) is 13.2 Å². The van der Waals surface area contributed by atoms with Crippen LogP contribution < -0.4 is 10.6 Å². The zero-order chi connectivity index (χ0) is 22.9. The van der Waals surface area contributed by atoms with Crippen LogP contribution in [0.4, 0.5) is 28.9 Å². The Balaban J connectivity index is 1.90. The van der Waals surface area contributed by atoms with Gasteiger partial charge in [0.25, 0.3) is 0 Å². The van der Waals surface area contributed by atoms with Gasteiger partial charge in [-0.15, -0.1) is 0 Å². The van der Waals surface area contributed by atoms with E-state index in [1.54, 1.807) is 6.07 Å². The van der Waals surface area contributed by atoms with Gasteiger partial charge in [0.05, 0.1) is 17.5 Å². The Morgan fingerprint density at radius 2 is 1.94 bits per heavy atom. The lowest BCUT2D eigenvalue weighted by atomic mass is 9.64. The molecule has 166 valence electrons. The topological polar surface area (TPSA) is 81.6 Å². The van der Waals surface area contributed by atoms with E-state index < -0.39 is 46.2 Å². The maximum Gasteiger partial charge on any atom is 0.419 e. The summed E-state index contributed by atoms with van der Waals surface area (Å²) in [6, 6.07) is 3.73. The molecule has 2 aromatic rings. The molecule has 4 rings (SSSR count). The SMILES string of the molecule is CC1c2c(cc(Cl)c(F)c2O)C(Nc2ccc3c(c2)CC(=O)N3)C(O)(C(F)(F)F)C1C. The molecule has 5 nitrogen and oxygen atoms in total. The van der Waals surface area contributed by atoms with Gasteiger partial charge < -0.3 is 20.8 Å². The number of benzene rings is 2. The molecule has 31 heavy (non-hydrogen) atoms. The van der Waals surface area contributed by atoms with Crippen LogP contribution in [0.1, 0.15) is 42.5 Å². The number of phenolic OH excluding ortho intramolecular Hbond substituents is 1. The van der Waals surface area contributed by atoms with E-state index >= 15 is 0 Å². The molecule has 1 aliphatic heterocycles. The van der Waals surface area contributed by atoms with Crippen molar-refractivity contribution in [2.45, 2.75) is 44.0 Å². The minimum Gasteiger partial charge on any atom is -0.505 e. The quantitative estimate of drug-likeness (QED) is 0.483. The Labute approximate surface area is 180 Å². The Hall–Kier alpha value is -2.52. The summed E-state index contributed by atoms with van der Waals surface area (Å²) in [5.74, 6) is -4.65. The zero-order valence-corrected chi connectivity index (χ0v) is 17.2. The first-order valence-electron chi connectivity index (χ1n) is 9.55. The number of halogens is 5. The van der Waals surface area contributed by atoms with Gasteiger partial charge in [0.15, 0.2) is 17.2 Å². The van der Waals surface area contributed by atoms with Gasteiger partial charge in [-0.25, -0.2) is 4.39 Å². The smallest absolute Gasteiger partial charge is 0.419 e. The number of alkyl halides is 3. The number of aromatic hydroxyl groups is 1. The summed E-state index contributed by atoms with van der Waals surface area (Å²) in [5.41, 5.74) is -2.09. The van der Waals surface area contributed by atoms with Gasteiger partial charge in [0, 0.05) is 22.9 Å². The summed E-state index contributed by atoms with van der Waals surface area (Å²) in [5, 5.41) is 26.1. The molecular weight excluding hydrogens is 440 g/mol. The van der Waals surface area contributed by atoms with E-state index in [9.17, 15) is 32.6 Å². The first-order chi connectivity index (χ1) is 14.4. The molecule has 1 aliphatic carbocycles. The second-order valence-electron chi connectivity index (χ2n) is 8.10. The first-order valence-corrected chi connectivity index (χ1v) is 9.93. The predicted octanol–water partition coefficient (Wildman–Crippen LogP) is 4.88. The van der Waals surface area contributed by atoms with Gasteiger partial charge >= 0.3 is 6.18 Å². The Morgan fingerprint density at radius 3 is 2.58 bits per heavy atom. The lowest BCUT2D eigenvalue weighted by Crippen LogP contribution is -2.60. The van der Waals surface area contributed by atoms with E-state index in [1.807, 2.05) is 0 Å². The van der Waals surface area contributed by atoms with Gasteiger partial charge in [0.2, 0.25) is 5.91 Å². The van der Waals surface area contributed by atoms with Crippen LogP contribution in [-0.2, 0) is 11.2 Å². The van der Waals surface area contributed by atoms with Crippen LogP contribution in [0.15, 0.2) is 24.3 Å². The monoisotopic (exact) mass is 458 g/mol. The van der Waals surface area contributed by atoms with E-state index in [1.165, 1.54) is 26.0 Å². The number of fused-ring (bicyclic) bond motifs is 2. The fourth-order valence-electron chi connectivity index (χ4n) is 4.59. The summed E-state index contributed by atoms with van der Waals surface area (Å²) < 4.78 is 57.0. The van der Waals surface area contributed by atoms with Crippen molar-refractivity contribution in [3.63, 3.8) is 0 Å². The van der Waals surface area contributed by atoms with E-state index in [-0.39, 0.29) is 29.1 Å². The fourth-order valence-corrected chi connectivity index (χ4v) is 4.80. The van der Waals surface area contributed by atoms with Crippen LogP contribution in [0, 0.1) is 11.7 Å². The number of rotatable bonds is 2. The van der Waals surface area contributed by atoms with Gasteiger partial charge in [-0.1, -0.05) is 25.4 Å². The van der Waals surface area contributed by atoms with Crippen molar-refractivity contribution in [3.05, 3.63) is 51.8 Å². The van der Waals surface area contributed by atoms with Crippen LogP contribution in [0.2, 0.25) is 5.02 Å². The number of hydrogen-bond acceptors (Lipinski definition) is 4. The molecule has 4 atom stereocenters. The van der Waals surface area contributed by atoms with E-state index in [0.29, 0.717) is 11.3 Å². The zero-order valence-electron chi connectivity index (χ0n) is 16.4. The molecule has 10 heteroatoms. The molecule has 1 amide bonds. The number of nitrogens with one attached hydrogen (secondary N) is 2. The van der Waals surface area contributed by atoms with Gasteiger partial charge in [-0.05, 0) is 41.3 Å². The Bertz CT molecular complexity index is 1090. The third-order valence-corrected chi connectivity index (χ3v) is 6.69. The summed E-state index contributed by atoms with van der Waals surface area (Å²) in [7, 11) is 0. The number of anilines is 2. The largest absolute Gasteiger partial charge is 0.505 e. The highest BCUT2D eigenvalue weighted by molar-refractivity contribution is 6.31. The van der Waals surface area contributed by atoms with E-state index in [4.69, 9.17) is 11.6 Å². The highest BCUT2D eigenvalue weighted by Crippen LogP contribution is 2.57. The van der Waals surface area contributed by atoms with Crippen LogP contribution in [0.3, 0.4) is 0 Å². The summed E-state index contributed by atoms with van der Waals surface area (Å²) in [4.78, 5) is 11.6. The van der Waals surface area contributed by atoms with Crippen molar-refractivity contribution >= 4 is 28.9 Å². The standard InChI is InChI=1S/C21H19ClF4N2O3/c1-8-9(2)20(31,21(24,25)26)19(12-7-13(22)17(23)18(30)16(8)12)27-11-3-4-14-10(5-11)6-15(29)28-14/h3-5,7-9,19,27,30-31H,6H2,1-2H3,(H,28,29). The minimum atomic E-state index is -5.05. The van der Waals surface area contributed by atoms with Crippen molar-refractivity contribution in [2.24, 2.45) is 5.92 Å². The normalized spacial score (nSPS) is 27.5. The summed E-state index contributed by atoms with van der Waals surface area (Å²) in [6.45, 7) is 2.59. The molecule has 2 aromatic carbocycles. The highest BCUT2D eigenvalue weighted by atomic mass is 35.5. The van der Waals surface area contributed by atoms with Crippen molar-refractivity contribution < 1.29 is 32.6 Å². The Morgan fingerprint density at radius 1 is 1.26 bits per heavy atom. The molecule has 4 N–H and O–H groups in total. The number of hydrogen-bond donors (Lipinski definition) is 4. The molecule has 0 saturated heterocycles. The molecule has 0 saturated carbocycles. The van der Waals surface area contributed by atoms with Gasteiger partial charge in [0.1, 0.15) is 0 Å². The van der Waals surface area contributed by atoms with E-state index in [2.05, 4.69) is 10.6 Å². The second kappa shape index (κ2) is 7.00. The minimum absolute atomic E-state index is 0.0428. The maximum atomic E-state index is 14.3. The average molecular weight is 459 g/mol. The van der Waals surface area contributed by atoms with Crippen LogP contribution in [-0.4, -0.2) is 27.9 Å². The molecule has 0 spiro atoms. The van der Waals surface area contributed by atoms with Crippen LogP contribution in [0.5, 0.6) is 5.75 Å². The summed E-state index contributed by atoms with van der Waals surface area (Å²) in [6.07, 6.45) is -4.98. The van der Waals surface area contributed by atoms with Crippen molar-refractivity contribution in [3.8, 4) is 5.75 Å². The maximum absolute atomic E-state index is 14.3. The van der Waals surface area contributed by atoms with Gasteiger partial charge in [-0.3, -0.25) is 4.79 Å². The molecule has 0 fully saturated rings. The first kappa shape index (κ1) is 21.7. The molecule has 1 heterocycles. The molecule has 0 aromatic heterocycles. The second-order valence-corrected chi connectivity index (χ2v) is 8.51. The highest BCUT2D eigenvalue weighted by Gasteiger charge is 2.66. The molecule has 2 aliphatic rings. The van der Waals surface area contributed by atoms with Crippen molar-refractivity contribution in [1.82, 2.24) is 0 Å². The predicted molar refractivity (Wildman–Crippen MR) is 107 cm³/mol. The average Bonchev–Trinajstić information content (AvgIpc) is 3.06. The third-order valence-electron chi connectivity index (χ3n) is 6.41. The number of aliphatic hydroxyl groups is 1. The number of carbonyl (C=O) groups is 1. The number of carbonyl (C=O) groups excluding carboxylic acids is 1. The van der Waals surface area contributed by atoms with E-state index in [0.717, 1.165) is 6.07 Å². The molecule has 0 bridgehead atoms. The number of amides is 1. The van der Waals surface area contributed by atoms with Crippen LogP contribution >= 0.6 is 11.6 Å². The lowest BCUT2D eigenvalue weighted by Gasteiger charge is -2.49. The Kier molecular flexibility index (Phi) is 4.90. The van der Waals surface area contributed by atoms with Crippen molar-refractivity contribution in [2.75, 3.05) is 10.6 Å². The molecule has 0 radical (unpaired) electrons. The third kappa shape index (κ3) is 3.13.